The summed E-state index contributed by atoms with van der Waals surface area (Å²) in [6.07, 6.45) is 0.979. The molecular weight excluding hydrogens is 284 g/mol. The van der Waals surface area contributed by atoms with Gasteiger partial charge < -0.3 is 5.73 Å². The maximum absolute atomic E-state index is 10.9. The molecule has 0 saturated heterocycles. The number of primary amides is 1. The summed E-state index contributed by atoms with van der Waals surface area (Å²) in [5, 5.41) is 10.1. The fraction of sp³-hybridized carbons (Fsp3) is 0.417. The fourth-order valence-corrected chi connectivity index (χ4v) is 2.49. The van der Waals surface area contributed by atoms with Gasteiger partial charge in [-0.25, -0.2) is 9.86 Å². The highest BCUT2D eigenvalue weighted by Crippen LogP contribution is 2.50. The van der Waals surface area contributed by atoms with Gasteiger partial charge in [0, 0.05) is 4.47 Å². The maximum atomic E-state index is 10.9. The zero-order valence-corrected chi connectivity index (χ0v) is 11.1. The first-order valence-corrected chi connectivity index (χ1v) is 6.33. The third kappa shape index (κ3) is 2.61. The molecule has 3 N–H and O–H groups in total. The second kappa shape index (κ2) is 4.66. The molecular formula is C12H15BrN2O2. The minimum Gasteiger partial charge on any atom is -0.350 e. The molecule has 1 aromatic rings. The number of urea groups is 1. The number of carbonyl (C=O) groups is 1. The Morgan fingerprint density at radius 2 is 2.12 bits per heavy atom. The first-order chi connectivity index (χ1) is 8.00. The molecule has 0 bridgehead atoms. The van der Waals surface area contributed by atoms with Crippen LogP contribution >= 0.6 is 15.9 Å². The molecule has 0 aliphatic heterocycles. The third-order valence-corrected chi connectivity index (χ3v) is 3.90. The molecule has 1 aliphatic rings. The van der Waals surface area contributed by atoms with Crippen LogP contribution in [-0.4, -0.2) is 22.3 Å². The van der Waals surface area contributed by atoms with E-state index in [-0.39, 0.29) is 12.0 Å². The van der Waals surface area contributed by atoms with Gasteiger partial charge in [-0.1, -0.05) is 28.1 Å². The summed E-state index contributed by atoms with van der Waals surface area (Å²) in [5.74, 6) is 0.695. The van der Waals surface area contributed by atoms with Crippen LogP contribution in [0.5, 0.6) is 0 Å². The minimum absolute atomic E-state index is 0.235. The molecule has 1 aromatic carbocycles. The van der Waals surface area contributed by atoms with Crippen molar-refractivity contribution in [3.8, 4) is 0 Å². The number of benzene rings is 1. The highest BCUT2D eigenvalue weighted by molar-refractivity contribution is 9.10. The number of halogens is 1. The first kappa shape index (κ1) is 12.4. The van der Waals surface area contributed by atoms with Crippen LogP contribution in [0.4, 0.5) is 4.79 Å². The van der Waals surface area contributed by atoms with Crippen molar-refractivity contribution in [1.29, 1.82) is 0 Å². The van der Waals surface area contributed by atoms with Crippen LogP contribution in [0.15, 0.2) is 28.7 Å². The molecule has 0 aromatic heterocycles. The molecule has 1 saturated carbocycles. The van der Waals surface area contributed by atoms with Crippen LogP contribution in [0.25, 0.3) is 0 Å². The van der Waals surface area contributed by atoms with Crippen molar-refractivity contribution in [1.82, 2.24) is 5.06 Å². The summed E-state index contributed by atoms with van der Waals surface area (Å²) in [6, 6.07) is 7.10. The van der Waals surface area contributed by atoms with E-state index in [1.807, 2.05) is 19.1 Å². The van der Waals surface area contributed by atoms with Gasteiger partial charge in [-0.05, 0) is 42.9 Å². The van der Waals surface area contributed by atoms with Crippen LogP contribution in [-0.2, 0) is 0 Å². The molecule has 92 valence electrons. The Morgan fingerprint density at radius 1 is 1.53 bits per heavy atom. The van der Waals surface area contributed by atoms with Crippen LogP contribution in [0.3, 0.4) is 0 Å². The van der Waals surface area contributed by atoms with Gasteiger partial charge in [0.05, 0.1) is 6.04 Å². The highest BCUT2D eigenvalue weighted by Gasteiger charge is 2.44. The maximum Gasteiger partial charge on any atom is 0.338 e. The smallest absolute Gasteiger partial charge is 0.338 e. The molecule has 2 rings (SSSR count). The first-order valence-electron chi connectivity index (χ1n) is 5.53. The normalized spacial score (nSPS) is 24.2. The average molecular weight is 299 g/mol. The summed E-state index contributed by atoms with van der Waals surface area (Å²) >= 11 is 3.39. The molecule has 5 heteroatoms. The lowest BCUT2D eigenvalue weighted by molar-refractivity contribution is -0.0760. The Hall–Kier alpha value is -1.07. The molecule has 17 heavy (non-hydrogen) atoms. The van der Waals surface area contributed by atoms with Crippen molar-refractivity contribution >= 4 is 22.0 Å². The van der Waals surface area contributed by atoms with Gasteiger partial charge >= 0.3 is 6.03 Å². The Balaban J connectivity index is 2.00. The lowest BCUT2D eigenvalue weighted by atomic mass is 10.1. The van der Waals surface area contributed by atoms with Crippen molar-refractivity contribution in [3.63, 3.8) is 0 Å². The Bertz CT molecular complexity index is 421. The molecule has 4 nitrogen and oxygen atoms in total. The monoisotopic (exact) mass is 298 g/mol. The van der Waals surface area contributed by atoms with E-state index < -0.39 is 6.03 Å². The van der Waals surface area contributed by atoms with Crippen LogP contribution in [0, 0.1) is 5.92 Å². The average Bonchev–Trinajstić information content (AvgIpc) is 3.08. The van der Waals surface area contributed by atoms with Crippen LogP contribution < -0.4 is 5.73 Å². The van der Waals surface area contributed by atoms with Crippen molar-refractivity contribution in [3.05, 3.63) is 34.3 Å². The summed E-state index contributed by atoms with van der Waals surface area (Å²) in [7, 11) is 0. The Kier molecular flexibility index (Phi) is 3.40. The van der Waals surface area contributed by atoms with Crippen molar-refractivity contribution in [2.45, 2.75) is 25.3 Å². The van der Waals surface area contributed by atoms with E-state index in [1.54, 1.807) is 0 Å². The third-order valence-electron chi connectivity index (χ3n) is 3.37. The van der Waals surface area contributed by atoms with E-state index in [2.05, 4.69) is 28.1 Å². The van der Waals surface area contributed by atoms with Crippen molar-refractivity contribution in [2.24, 2.45) is 11.7 Å². The number of rotatable bonds is 3. The molecule has 3 unspecified atom stereocenters. The van der Waals surface area contributed by atoms with Gasteiger partial charge in [-0.3, -0.25) is 5.21 Å². The summed E-state index contributed by atoms with van der Waals surface area (Å²) in [4.78, 5) is 10.9. The molecule has 0 radical (unpaired) electrons. The summed E-state index contributed by atoms with van der Waals surface area (Å²) < 4.78 is 1.05. The predicted octanol–water partition coefficient (Wildman–Crippen LogP) is 2.71. The zero-order valence-electron chi connectivity index (χ0n) is 9.51. The van der Waals surface area contributed by atoms with Crippen LogP contribution in [0.2, 0.25) is 0 Å². The minimum atomic E-state index is -0.793. The standard InChI is InChI=1S/C12H15BrN2O2/c1-7(15(17)12(14)16)10-6-11(10)8-2-4-9(13)5-3-8/h2-5,7,10-11,17H,6H2,1H3,(H2,14,16). The molecule has 0 spiro atoms. The zero-order chi connectivity index (χ0) is 12.6. The summed E-state index contributed by atoms with van der Waals surface area (Å²) in [6.45, 7) is 1.81. The fourth-order valence-electron chi connectivity index (χ4n) is 2.22. The second-order valence-electron chi connectivity index (χ2n) is 4.48. The van der Waals surface area contributed by atoms with E-state index in [4.69, 9.17) is 5.73 Å². The van der Waals surface area contributed by atoms with E-state index in [0.29, 0.717) is 11.0 Å². The molecule has 3 atom stereocenters. The number of amides is 2. The van der Waals surface area contributed by atoms with Crippen LogP contribution in [0.1, 0.15) is 24.8 Å². The quantitative estimate of drug-likeness (QED) is 0.665. The predicted molar refractivity (Wildman–Crippen MR) is 67.7 cm³/mol. The van der Waals surface area contributed by atoms with Gasteiger partial charge in [0.25, 0.3) is 0 Å². The molecule has 0 heterocycles. The Labute approximate surface area is 108 Å². The Morgan fingerprint density at radius 3 is 2.65 bits per heavy atom. The van der Waals surface area contributed by atoms with E-state index in [1.165, 1.54) is 5.56 Å². The lowest BCUT2D eigenvalue weighted by Crippen LogP contribution is -2.40. The topological polar surface area (TPSA) is 66.6 Å². The molecule has 2 amide bonds. The number of hydroxylamine groups is 2. The van der Waals surface area contributed by atoms with Gasteiger partial charge in [0.1, 0.15) is 0 Å². The van der Waals surface area contributed by atoms with E-state index in [9.17, 15) is 10.0 Å². The van der Waals surface area contributed by atoms with Gasteiger partial charge in [0.2, 0.25) is 0 Å². The highest BCUT2D eigenvalue weighted by atomic mass is 79.9. The molecule has 1 fully saturated rings. The van der Waals surface area contributed by atoms with E-state index >= 15 is 0 Å². The lowest BCUT2D eigenvalue weighted by Gasteiger charge is -2.20. The van der Waals surface area contributed by atoms with Gasteiger partial charge in [-0.2, -0.15) is 0 Å². The largest absolute Gasteiger partial charge is 0.350 e. The van der Waals surface area contributed by atoms with E-state index in [0.717, 1.165) is 10.9 Å². The van der Waals surface area contributed by atoms with Gasteiger partial charge in [0.15, 0.2) is 0 Å². The van der Waals surface area contributed by atoms with Crippen molar-refractivity contribution < 1.29 is 10.0 Å². The summed E-state index contributed by atoms with van der Waals surface area (Å²) in [5.41, 5.74) is 6.28. The number of carbonyl (C=O) groups excluding carboxylic acids is 1. The second-order valence-corrected chi connectivity index (χ2v) is 5.40. The number of nitrogens with two attached hydrogens (primary N) is 1. The molecule has 1 aliphatic carbocycles. The van der Waals surface area contributed by atoms with Crippen molar-refractivity contribution in [2.75, 3.05) is 0 Å². The number of nitrogens with zero attached hydrogens (tertiary/aromatic N) is 1. The van der Waals surface area contributed by atoms with Gasteiger partial charge in [-0.15, -0.1) is 0 Å². The SMILES string of the molecule is CC(C1CC1c1ccc(Br)cc1)N(O)C(N)=O. The number of hydrogen-bond donors (Lipinski definition) is 2. The number of hydrogen-bond acceptors (Lipinski definition) is 2.